The molecule has 0 spiro atoms. The molecular formula is C17H24N2O3S3. The number of sulfonamides is 1. The van der Waals surface area contributed by atoms with Gasteiger partial charge in [-0.25, -0.2) is 12.7 Å². The highest BCUT2D eigenvalue weighted by Gasteiger charge is 2.20. The molecule has 0 aliphatic rings. The molecule has 0 aromatic carbocycles. The summed E-state index contributed by atoms with van der Waals surface area (Å²) in [5, 5.41) is 2.89. The molecule has 0 fully saturated rings. The van der Waals surface area contributed by atoms with Crippen LogP contribution >= 0.6 is 22.7 Å². The molecule has 2 rings (SSSR count). The summed E-state index contributed by atoms with van der Waals surface area (Å²) in [5.41, 5.74) is 1.24. The Kier molecular flexibility index (Phi) is 6.79. The van der Waals surface area contributed by atoms with Gasteiger partial charge in [0.05, 0.1) is 11.4 Å². The number of hydrogen-bond acceptors (Lipinski definition) is 5. The Balaban J connectivity index is 2.05. The minimum atomic E-state index is -3.42. The lowest BCUT2D eigenvalue weighted by Gasteiger charge is -2.08. The topological polar surface area (TPSA) is 66.5 Å². The van der Waals surface area contributed by atoms with E-state index in [0.717, 1.165) is 29.0 Å². The van der Waals surface area contributed by atoms with Gasteiger partial charge in [0.2, 0.25) is 0 Å². The lowest BCUT2D eigenvalue weighted by atomic mass is 10.1. The van der Waals surface area contributed by atoms with Crippen LogP contribution in [0.4, 0.5) is 0 Å². The van der Waals surface area contributed by atoms with Crippen LogP contribution in [0.3, 0.4) is 0 Å². The predicted molar refractivity (Wildman–Crippen MR) is 104 cm³/mol. The molecule has 0 bridgehead atoms. The molecule has 0 saturated heterocycles. The second-order valence-electron chi connectivity index (χ2n) is 5.85. The number of aryl methyl sites for hydroxylation is 2. The maximum absolute atomic E-state index is 12.4. The quantitative estimate of drug-likeness (QED) is 0.737. The Morgan fingerprint density at radius 2 is 1.92 bits per heavy atom. The summed E-state index contributed by atoms with van der Waals surface area (Å²) in [6.07, 6.45) is 2.99. The second kappa shape index (κ2) is 8.44. The number of nitrogens with one attached hydrogen (secondary N) is 1. The first-order chi connectivity index (χ1) is 11.8. The maximum atomic E-state index is 12.4. The van der Waals surface area contributed by atoms with Crippen LogP contribution in [0.2, 0.25) is 0 Å². The number of carbonyl (C=O) groups is 1. The third kappa shape index (κ3) is 4.69. The molecule has 1 N–H and O–H groups in total. The zero-order valence-electron chi connectivity index (χ0n) is 15.0. The molecule has 2 heterocycles. The van der Waals surface area contributed by atoms with E-state index in [0.29, 0.717) is 6.54 Å². The number of amides is 1. The molecule has 0 unspecified atom stereocenters. The fourth-order valence-electron chi connectivity index (χ4n) is 2.34. The third-order valence-electron chi connectivity index (χ3n) is 3.77. The first-order valence-electron chi connectivity index (χ1n) is 8.20. The largest absolute Gasteiger partial charge is 0.346 e. The predicted octanol–water partition coefficient (Wildman–Crippen LogP) is 3.50. The van der Waals surface area contributed by atoms with Gasteiger partial charge >= 0.3 is 0 Å². The van der Waals surface area contributed by atoms with Gasteiger partial charge in [0.1, 0.15) is 4.21 Å². The van der Waals surface area contributed by atoms with E-state index in [1.807, 2.05) is 6.07 Å². The SMILES string of the molecule is CCCc1sc(C(=O)NCc2ccc(S(=O)(=O)N(C)C)s2)cc1CC. The summed E-state index contributed by atoms with van der Waals surface area (Å²) >= 11 is 2.74. The van der Waals surface area contributed by atoms with E-state index in [2.05, 4.69) is 19.2 Å². The average Bonchev–Trinajstić information content (AvgIpc) is 3.20. The van der Waals surface area contributed by atoms with Crippen molar-refractivity contribution >= 4 is 38.6 Å². The van der Waals surface area contributed by atoms with Gasteiger partial charge in [-0.15, -0.1) is 22.7 Å². The lowest BCUT2D eigenvalue weighted by Crippen LogP contribution is -2.21. The van der Waals surface area contributed by atoms with Crippen LogP contribution in [0.15, 0.2) is 22.4 Å². The Labute approximate surface area is 157 Å². The van der Waals surface area contributed by atoms with Crippen molar-refractivity contribution in [3.8, 4) is 0 Å². The number of thiophene rings is 2. The summed E-state index contributed by atoms with van der Waals surface area (Å²) in [5.74, 6) is -0.104. The molecule has 8 heteroatoms. The third-order valence-corrected chi connectivity index (χ3v) is 8.38. The normalized spacial score (nSPS) is 11.9. The second-order valence-corrected chi connectivity index (χ2v) is 10.5. The van der Waals surface area contributed by atoms with Crippen molar-refractivity contribution in [1.82, 2.24) is 9.62 Å². The highest BCUT2D eigenvalue weighted by molar-refractivity contribution is 7.91. The average molecular weight is 401 g/mol. The molecule has 2 aromatic heterocycles. The zero-order valence-corrected chi connectivity index (χ0v) is 17.4. The highest BCUT2D eigenvalue weighted by Crippen LogP contribution is 2.26. The van der Waals surface area contributed by atoms with Gasteiger partial charge in [-0.1, -0.05) is 20.3 Å². The minimum absolute atomic E-state index is 0.104. The number of hydrogen-bond donors (Lipinski definition) is 1. The van der Waals surface area contributed by atoms with Gasteiger partial charge in [0, 0.05) is 23.8 Å². The molecule has 25 heavy (non-hydrogen) atoms. The summed E-state index contributed by atoms with van der Waals surface area (Å²) in [7, 11) is -0.405. The van der Waals surface area contributed by atoms with Gasteiger partial charge in [-0.2, -0.15) is 0 Å². The van der Waals surface area contributed by atoms with Gasteiger partial charge in [0.25, 0.3) is 15.9 Å². The molecule has 2 aromatic rings. The van der Waals surface area contributed by atoms with E-state index in [4.69, 9.17) is 0 Å². The molecule has 0 aliphatic carbocycles. The molecule has 5 nitrogen and oxygen atoms in total. The standard InChI is InChI=1S/C17H24N2O3S3/c1-5-7-14-12(6-2)10-15(24-14)17(20)18-11-13-8-9-16(23-13)25(21,22)19(3)4/h8-10H,5-7,11H2,1-4H3,(H,18,20). The maximum Gasteiger partial charge on any atom is 0.261 e. The van der Waals surface area contributed by atoms with Crippen LogP contribution in [0.1, 0.15) is 45.3 Å². The van der Waals surface area contributed by atoms with Crippen LogP contribution in [0.25, 0.3) is 0 Å². The van der Waals surface area contributed by atoms with Crippen molar-refractivity contribution in [3.63, 3.8) is 0 Å². The summed E-state index contributed by atoms with van der Waals surface area (Å²) in [4.78, 5) is 15.2. The summed E-state index contributed by atoms with van der Waals surface area (Å²) < 4.78 is 25.7. The molecule has 1 amide bonds. The van der Waals surface area contributed by atoms with Crippen molar-refractivity contribution in [1.29, 1.82) is 0 Å². The molecular weight excluding hydrogens is 376 g/mol. The van der Waals surface area contributed by atoms with Gasteiger partial charge < -0.3 is 5.32 Å². The molecule has 138 valence electrons. The van der Waals surface area contributed by atoms with Crippen LogP contribution in [-0.2, 0) is 29.4 Å². The first-order valence-corrected chi connectivity index (χ1v) is 11.3. The van der Waals surface area contributed by atoms with Crippen molar-refractivity contribution in [2.75, 3.05) is 14.1 Å². The van der Waals surface area contributed by atoms with E-state index in [-0.39, 0.29) is 10.1 Å². The summed E-state index contributed by atoms with van der Waals surface area (Å²) in [6, 6.07) is 5.30. The van der Waals surface area contributed by atoms with Crippen molar-refractivity contribution < 1.29 is 13.2 Å². The number of nitrogens with zero attached hydrogens (tertiary/aromatic N) is 1. The Hall–Kier alpha value is -1.22. The highest BCUT2D eigenvalue weighted by atomic mass is 32.2. The van der Waals surface area contributed by atoms with Gasteiger partial charge in [0.15, 0.2) is 0 Å². The van der Waals surface area contributed by atoms with Crippen LogP contribution in [0.5, 0.6) is 0 Å². The summed E-state index contributed by atoms with van der Waals surface area (Å²) in [6.45, 7) is 4.56. The van der Waals surface area contributed by atoms with E-state index in [9.17, 15) is 13.2 Å². The number of rotatable bonds is 8. The fraction of sp³-hybridized carbons (Fsp3) is 0.471. The molecule has 0 aliphatic heterocycles. The minimum Gasteiger partial charge on any atom is -0.346 e. The molecule has 0 saturated carbocycles. The van der Waals surface area contributed by atoms with Gasteiger partial charge in [-0.05, 0) is 36.6 Å². The van der Waals surface area contributed by atoms with Gasteiger partial charge in [-0.3, -0.25) is 4.79 Å². The van der Waals surface area contributed by atoms with Crippen LogP contribution in [0, 0.1) is 0 Å². The monoisotopic (exact) mass is 400 g/mol. The molecule has 0 atom stereocenters. The first kappa shape index (κ1) is 20.1. The fourth-order valence-corrected chi connectivity index (χ4v) is 6.08. The lowest BCUT2D eigenvalue weighted by molar-refractivity contribution is 0.0955. The van der Waals surface area contributed by atoms with E-state index in [1.165, 1.54) is 40.2 Å². The Morgan fingerprint density at radius 3 is 2.52 bits per heavy atom. The zero-order chi connectivity index (χ0) is 18.6. The smallest absolute Gasteiger partial charge is 0.261 e. The van der Waals surface area contributed by atoms with Crippen LogP contribution in [-0.4, -0.2) is 32.7 Å². The van der Waals surface area contributed by atoms with E-state index < -0.39 is 10.0 Å². The van der Waals surface area contributed by atoms with Crippen molar-refractivity contribution in [2.45, 2.75) is 43.9 Å². The van der Waals surface area contributed by atoms with E-state index >= 15 is 0 Å². The molecule has 0 radical (unpaired) electrons. The van der Waals surface area contributed by atoms with E-state index in [1.54, 1.807) is 23.5 Å². The van der Waals surface area contributed by atoms with Crippen molar-refractivity contribution in [2.24, 2.45) is 0 Å². The van der Waals surface area contributed by atoms with Crippen LogP contribution < -0.4 is 5.32 Å². The number of carbonyl (C=O) groups excluding carboxylic acids is 1. The Morgan fingerprint density at radius 1 is 1.20 bits per heavy atom. The van der Waals surface area contributed by atoms with Crippen molar-refractivity contribution in [3.05, 3.63) is 38.4 Å². The Bertz CT molecular complexity index is 835.